The monoisotopic (exact) mass is 303 g/mol. The zero-order valence-electron chi connectivity index (χ0n) is 12.1. The third-order valence-corrected chi connectivity index (χ3v) is 2.71. The van der Waals surface area contributed by atoms with Crippen LogP contribution in [0.4, 0.5) is 4.39 Å². The van der Waals surface area contributed by atoms with Crippen LogP contribution in [-0.4, -0.2) is 25.2 Å². The SMILES string of the molecule is COC=C(C(=O)OC)c1cccnc1Oc1cccc(F)c1. The third kappa shape index (κ3) is 3.60. The summed E-state index contributed by atoms with van der Waals surface area (Å²) >= 11 is 0. The van der Waals surface area contributed by atoms with Crippen molar-refractivity contribution in [2.75, 3.05) is 14.2 Å². The first kappa shape index (κ1) is 15.5. The Bertz CT molecular complexity index is 700. The number of hydrogen-bond donors (Lipinski definition) is 0. The molecule has 1 aromatic carbocycles. The largest absolute Gasteiger partial charge is 0.503 e. The molecular weight excluding hydrogens is 289 g/mol. The van der Waals surface area contributed by atoms with E-state index in [-0.39, 0.29) is 17.2 Å². The highest BCUT2D eigenvalue weighted by Gasteiger charge is 2.19. The van der Waals surface area contributed by atoms with Crippen molar-refractivity contribution in [3.63, 3.8) is 0 Å². The minimum Gasteiger partial charge on any atom is -0.503 e. The molecular formula is C16H14FNO4. The molecule has 2 rings (SSSR count). The topological polar surface area (TPSA) is 57.7 Å². The molecule has 0 spiro atoms. The Morgan fingerprint density at radius 2 is 2.05 bits per heavy atom. The van der Waals surface area contributed by atoms with Gasteiger partial charge in [0.25, 0.3) is 0 Å². The van der Waals surface area contributed by atoms with Gasteiger partial charge in [0.2, 0.25) is 5.88 Å². The van der Waals surface area contributed by atoms with Crippen molar-refractivity contribution in [1.82, 2.24) is 4.98 Å². The number of pyridine rings is 1. The van der Waals surface area contributed by atoms with Crippen molar-refractivity contribution in [1.29, 1.82) is 0 Å². The third-order valence-electron chi connectivity index (χ3n) is 2.71. The molecule has 1 aromatic heterocycles. The lowest BCUT2D eigenvalue weighted by Crippen LogP contribution is -2.06. The number of carbonyl (C=O) groups is 1. The van der Waals surface area contributed by atoms with Crippen LogP contribution in [-0.2, 0) is 14.3 Å². The molecule has 0 bridgehead atoms. The van der Waals surface area contributed by atoms with Crippen LogP contribution in [0.3, 0.4) is 0 Å². The molecule has 114 valence electrons. The maximum Gasteiger partial charge on any atom is 0.341 e. The van der Waals surface area contributed by atoms with Gasteiger partial charge in [-0.3, -0.25) is 0 Å². The number of nitrogens with zero attached hydrogens (tertiary/aromatic N) is 1. The molecule has 0 aliphatic rings. The summed E-state index contributed by atoms with van der Waals surface area (Å²) in [5, 5.41) is 0. The van der Waals surface area contributed by atoms with Gasteiger partial charge in [-0.1, -0.05) is 6.07 Å². The maximum atomic E-state index is 13.2. The minimum absolute atomic E-state index is 0.141. The molecule has 0 amide bonds. The van der Waals surface area contributed by atoms with Crippen molar-refractivity contribution in [3.8, 4) is 11.6 Å². The summed E-state index contributed by atoms with van der Waals surface area (Å²) in [6, 6.07) is 8.88. The van der Waals surface area contributed by atoms with Crippen LogP contribution < -0.4 is 4.74 Å². The molecule has 0 N–H and O–H groups in total. The quantitative estimate of drug-likeness (QED) is 0.482. The molecule has 0 saturated heterocycles. The van der Waals surface area contributed by atoms with E-state index in [0.717, 1.165) is 0 Å². The first-order valence-corrected chi connectivity index (χ1v) is 6.35. The van der Waals surface area contributed by atoms with Gasteiger partial charge in [-0.15, -0.1) is 0 Å². The van der Waals surface area contributed by atoms with Crippen LogP contribution in [0.5, 0.6) is 11.6 Å². The number of ether oxygens (including phenoxy) is 3. The van der Waals surface area contributed by atoms with Crippen molar-refractivity contribution in [3.05, 3.63) is 60.2 Å². The lowest BCUT2D eigenvalue weighted by Gasteiger charge is -2.11. The van der Waals surface area contributed by atoms with Crippen molar-refractivity contribution in [2.45, 2.75) is 0 Å². The summed E-state index contributed by atoms with van der Waals surface area (Å²) in [6.45, 7) is 0. The van der Waals surface area contributed by atoms with Crippen molar-refractivity contribution >= 4 is 11.5 Å². The Labute approximate surface area is 127 Å². The van der Waals surface area contributed by atoms with Crippen molar-refractivity contribution in [2.24, 2.45) is 0 Å². The van der Waals surface area contributed by atoms with Crippen LogP contribution in [0.15, 0.2) is 48.9 Å². The van der Waals surface area contributed by atoms with Crippen LogP contribution in [0.25, 0.3) is 5.57 Å². The van der Waals surface area contributed by atoms with Crippen LogP contribution in [0.2, 0.25) is 0 Å². The van der Waals surface area contributed by atoms with Crippen LogP contribution >= 0.6 is 0 Å². The summed E-state index contributed by atoms with van der Waals surface area (Å²) in [4.78, 5) is 15.9. The Hall–Kier alpha value is -2.89. The van der Waals surface area contributed by atoms with E-state index < -0.39 is 11.8 Å². The van der Waals surface area contributed by atoms with E-state index in [2.05, 4.69) is 4.98 Å². The van der Waals surface area contributed by atoms with Gasteiger partial charge in [0, 0.05) is 12.3 Å². The molecule has 22 heavy (non-hydrogen) atoms. The fourth-order valence-electron chi connectivity index (χ4n) is 1.77. The summed E-state index contributed by atoms with van der Waals surface area (Å²) < 4.78 is 28.4. The number of benzene rings is 1. The molecule has 1 heterocycles. The molecule has 6 heteroatoms. The van der Waals surface area contributed by atoms with Gasteiger partial charge in [0.15, 0.2) is 0 Å². The molecule has 0 aliphatic carbocycles. The van der Waals surface area contributed by atoms with Gasteiger partial charge in [-0.2, -0.15) is 0 Å². The molecule has 5 nitrogen and oxygen atoms in total. The Balaban J connectivity index is 2.41. The second-order valence-corrected chi connectivity index (χ2v) is 4.17. The number of hydrogen-bond acceptors (Lipinski definition) is 5. The van der Waals surface area contributed by atoms with E-state index in [1.54, 1.807) is 18.2 Å². The average Bonchev–Trinajstić information content (AvgIpc) is 2.53. The average molecular weight is 303 g/mol. The summed E-state index contributed by atoms with van der Waals surface area (Å²) in [5.74, 6) is -0.627. The molecule has 0 unspecified atom stereocenters. The highest BCUT2D eigenvalue weighted by Crippen LogP contribution is 2.29. The van der Waals surface area contributed by atoms with Crippen LogP contribution in [0, 0.1) is 5.82 Å². The standard InChI is InChI=1S/C16H14FNO4/c1-20-10-14(16(19)21-2)13-7-4-8-18-15(13)22-12-6-3-5-11(17)9-12/h3-10H,1-2H3. The lowest BCUT2D eigenvalue weighted by molar-refractivity contribution is -0.133. The smallest absolute Gasteiger partial charge is 0.341 e. The summed E-state index contributed by atoms with van der Waals surface area (Å²) in [7, 11) is 2.67. The minimum atomic E-state index is -0.598. The first-order valence-electron chi connectivity index (χ1n) is 6.35. The van der Waals surface area contributed by atoms with E-state index in [1.807, 2.05) is 0 Å². The molecule has 2 aromatic rings. The van der Waals surface area contributed by atoms with Crippen LogP contribution in [0.1, 0.15) is 5.56 Å². The predicted molar refractivity (Wildman–Crippen MR) is 77.7 cm³/mol. The van der Waals surface area contributed by atoms with Gasteiger partial charge in [0.1, 0.15) is 17.1 Å². The zero-order valence-corrected chi connectivity index (χ0v) is 12.1. The number of carbonyl (C=O) groups excluding carboxylic acids is 1. The highest BCUT2D eigenvalue weighted by molar-refractivity contribution is 6.16. The normalized spacial score (nSPS) is 11.0. The summed E-state index contributed by atoms with van der Waals surface area (Å²) in [5.41, 5.74) is 0.518. The van der Waals surface area contributed by atoms with E-state index in [9.17, 15) is 9.18 Å². The molecule has 0 atom stereocenters. The molecule has 0 aliphatic heterocycles. The number of halogens is 1. The van der Waals surface area contributed by atoms with E-state index in [1.165, 1.54) is 44.9 Å². The number of esters is 1. The fourth-order valence-corrected chi connectivity index (χ4v) is 1.77. The lowest BCUT2D eigenvalue weighted by atomic mass is 10.1. The predicted octanol–water partition coefficient (Wildman–Crippen LogP) is 3.17. The number of methoxy groups -OCH3 is 2. The summed E-state index contributed by atoms with van der Waals surface area (Å²) in [6.07, 6.45) is 2.74. The molecule has 0 saturated carbocycles. The fraction of sp³-hybridized carbons (Fsp3) is 0.125. The number of aromatic nitrogens is 1. The van der Waals surface area contributed by atoms with E-state index >= 15 is 0 Å². The zero-order chi connectivity index (χ0) is 15.9. The second kappa shape index (κ2) is 7.21. The van der Waals surface area contributed by atoms with Gasteiger partial charge >= 0.3 is 5.97 Å². The Kier molecular flexibility index (Phi) is 5.08. The van der Waals surface area contributed by atoms with Gasteiger partial charge in [-0.25, -0.2) is 14.2 Å². The van der Waals surface area contributed by atoms with Crippen molar-refractivity contribution < 1.29 is 23.4 Å². The maximum absolute atomic E-state index is 13.2. The van der Waals surface area contributed by atoms with E-state index in [0.29, 0.717) is 5.56 Å². The van der Waals surface area contributed by atoms with Gasteiger partial charge in [0.05, 0.1) is 26.0 Å². The number of rotatable bonds is 5. The molecule has 0 radical (unpaired) electrons. The Morgan fingerprint density at radius 3 is 2.73 bits per heavy atom. The second-order valence-electron chi connectivity index (χ2n) is 4.17. The first-order chi connectivity index (χ1) is 10.7. The van der Waals surface area contributed by atoms with Gasteiger partial charge < -0.3 is 14.2 Å². The van der Waals surface area contributed by atoms with E-state index in [4.69, 9.17) is 14.2 Å². The molecule has 0 fully saturated rings. The van der Waals surface area contributed by atoms with Gasteiger partial charge in [-0.05, 0) is 24.3 Å². The Morgan fingerprint density at radius 1 is 1.23 bits per heavy atom. The highest BCUT2D eigenvalue weighted by atomic mass is 19.1.